The van der Waals surface area contributed by atoms with Crippen LogP contribution >= 0.6 is 0 Å². The molecular weight excluding hydrogens is 228 g/mol. The van der Waals surface area contributed by atoms with E-state index in [1.165, 1.54) is 0 Å². The van der Waals surface area contributed by atoms with Crippen molar-refractivity contribution in [3.8, 4) is 0 Å². The molecule has 0 aromatic heterocycles. The first kappa shape index (κ1) is 13.4. The number of hydrogen-bond donors (Lipinski definition) is 2. The van der Waals surface area contributed by atoms with Crippen molar-refractivity contribution < 1.29 is 13.5 Å². The maximum atomic E-state index is 11.6. The van der Waals surface area contributed by atoms with Crippen LogP contribution in [0.3, 0.4) is 0 Å². The zero-order chi connectivity index (χ0) is 12.5. The van der Waals surface area contributed by atoms with E-state index < -0.39 is 6.61 Å². The summed E-state index contributed by atoms with van der Waals surface area (Å²) in [4.78, 5) is 4.05. The van der Waals surface area contributed by atoms with Crippen LogP contribution in [0.1, 0.15) is 5.56 Å². The third-order valence-corrected chi connectivity index (χ3v) is 1.93. The maximum absolute atomic E-state index is 11.6. The van der Waals surface area contributed by atoms with Crippen molar-refractivity contribution in [3.63, 3.8) is 0 Å². The maximum Gasteiger partial charge on any atom is 0.345 e. The van der Waals surface area contributed by atoms with Crippen LogP contribution in [0.15, 0.2) is 35.3 Å². The van der Waals surface area contributed by atoms with Crippen LogP contribution in [0, 0.1) is 0 Å². The molecule has 0 aliphatic heterocycles. The van der Waals surface area contributed by atoms with Crippen LogP contribution in [-0.2, 0) is 11.3 Å². The van der Waals surface area contributed by atoms with E-state index in [-0.39, 0.29) is 19.1 Å². The van der Waals surface area contributed by atoms with Gasteiger partial charge in [0.25, 0.3) is 0 Å². The number of nitrogens with two attached hydrogens (primary N) is 1. The fourth-order valence-electron chi connectivity index (χ4n) is 1.14. The minimum atomic E-state index is -2.75. The lowest BCUT2D eigenvalue weighted by Crippen LogP contribution is -2.34. The van der Waals surface area contributed by atoms with Gasteiger partial charge in [-0.1, -0.05) is 30.3 Å². The molecule has 1 aromatic rings. The molecule has 0 heterocycles. The fourth-order valence-corrected chi connectivity index (χ4v) is 1.14. The van der Waals surface area contributed by atoms with Gasteiger partial charge in [-0.15, -0.1) is 0 Å². The Hall–Kier alpha value is -1.69. The number of nitrogens with zero attached hydrogens (tertiary/aromatic N) is 1. The van der Waals surface area contributed by atoms with Crippen molar-refractivity contribution in [2.75, 3.05) is 13.2 Å². The highest BCUT2D eigenvalue weighted by atomic mass is 19.3. The van der Waals surface area contributed by atoms with Crippen LogP contribution in [0.5, 0.6) is 0 Å². The summed E-state index contributed by atoms with van der Waals surface area (Å²) in [6.07, 6.45) is 0. The van der Waals surface area contributed by atoms with Gasteiger partial charge < -0.3 is 15.8 Å². The summed E-state index contributed by atoms with van der Waals surface area (Å²) in [6, 6.07) is 9.58. The highest BCUT2D eigenvalue weighted by Gasteiger charge is 2.00. The highest BCUT2D eigenvalue weighted by Crippen LogP contribution is 1.99. The Morgan fingerprint density at radius 3 is 2.71 bits per heavy atom. The molecular formula is C11H15F2N3O. The van der Waals surface area contributed by atoms with E-state index in [9.17, 15) is 8.78 Å². The van der Waals surface area contributed by atoms with Crippen LogP contribution in [0.2, 0.25) is 0 Å². The van der Waals surface area contributed by atoms with Gasteiger partial charge in [0.1, 0.15) is 0 Å². The summed E-state index contributed by atoms with van der Waals surface area (Å²) >= 11 is 0. The zero-order valence-electron chi connectivity index (χ0n) is 9.27. The first-order chi connectivity index (χ1) is 8.18. The molecule has 6 heteroatoms. The standard InChI is InChI=1S/C11H15F2N3O/c12-10(13)17-7-6-15-11(14)16-8-9-4-2-1-3-5-9/h1-5,10H,6-8H2,(H3,14,15,16). The number of aliphatic imine (C=N–C) groups is 1. The van der Waals surface area contributed by atoms with Gasteiger partial charge in [0, 0.05) is 6.54 Å². The minimum absolute atomic E-state index is 0.112. The van der Waals surface area contributed by atoms with Gasteiger partial charge in [-0.2, -0.15) is 8.78 Å². The summed E-state index contributed by atoms with van der Waals surface area (Å²) in [5, 5.41) is 2.68. The van der Waals surface area contributed by atoms with E-state index in [0.29, 0.717) is 6.54 Å². The molecule has 0 fully saturated rings. The number of nitrogens with one attached hydrogen (secondary N) is 1. The number of halogens is 2. The summed E-state index contributed by atoms with van der Waals surface area (Å²) in [5.41, 5.74) is 6.56. The second kappa shape index (κ2) is 7.56. The molecule has 94 valence electrons. The van der Waals surface area contributed by atoms with Gasteiger partial charge >= 0.3 is 6.61 Å². The Morgan fingerprint density at radius 2 is 2.06 bits per heavy atom. The summed E-state index contributed by atoms with van der Waals surface area (Å²) in [7, 11) is 0. The van der Waals surface area contributed by atoms with Crippen molar-refractivity contribution in [2.45, 2.75) is 13.2 Å². The van der Waals surface area contributed by atoms with Crippen molar-refractivity contribution >= 4 is 5.96 Å². The lowest BCUT2D eigenvalue weighted by molar-refractivity contribution is -0.126. The Bertz CT molecular complexity index is 344. The summed E-state index contributed by atoms with van der Waals surface area (Å²) in [6.45, 7) is -2.21. The Morgan fingerprint density at radius 1 is 1.35 bits per heavy atom. The van der Waals surface area contributed by atoms with E-state index in [2.05, 4.69) is 15.0 Å². The lowest BCUT2D eigenvalue weighted by Gasteiger charge is -2.05. The van der Waals surface area contributed by atoms with E-state index in [0.717, 1.165) is 5.56 Å². The molecule has 0 aliphatic rings. The van der Waals surface area contributed by atoms with Crippen molar-refractivity contribution in [1.29, 1.82) is 0 Å². The predicted molar refractivity (Wildman–Crippen MR) is 61.7 cm³/mol. The molecule has 1 aromatic carbocycles. The predicted octanol–water partition coefficient (Wildman–Crippen LogP) is 1.33. The van der Waals surface area contributed by atoms with Gasteiger partial charge in [0.15, 0.2) is 5.96 Å². The van der Waals surface area contributed by atoms with E-state index in [1.807, 2.05) is 30.3 Å². The number of hydrogen-bond acceptors (Lipinski definition) is 2. The number of benzene rings is 1. The average Bonchev–Trinajstić information content (AvgIpc) is 2.33. The third kappa shape index (κ3) is 6.47. The summed E-state index contributed by atoms with van der Waals surface area (Å²) < 4.78 is 27.3. The Kier molecular flexibility index (Phi) is 5.95. The molecule has 3 N–H and O–H groups in total. The second-order valence-electron chi connectivity index (χ2n) is 3.25. The molecule has 0 bridgehead atoms. The second-order valence-corrected chi connectivity index (χ2v) is 3.25. The lowest BCUT2D eigenvalue weighted by atomic mass is 10.2. The van der Waals surface area contributed by atoms with Crippen molar-refractivity contribution in [2.24, 2.45) is 10.7 Å². The number of guanidine groups is 1. The molecule has 0 atom stereocenters. The Labute approximate surface area is 98.5 Å². The molecule has 0 radical (unpaired) electrons. The molecule has 1 rings (SSSR count). The molecule has 0 saturated carbocycles. The quantitative estimate of drug-likeness (QED) is 0.450. The molecule has 17 heavy (non-hydrogen) atoms. The largest absolute Gasteiger partial charge is 0.370 e. The van der Waals surface area contributed by atoms with Gasteiger partial charge in [0.05, 0.1) is 13.2 Å². The molecule has 4 nitrogen and oxygen atoms in total. The van der Waals surface area contributed by atoms with E-state index in [4.69, 9.17) is 5.73 Å². The molecule has 0 spiro atoms. The smallest absolute Gasteiger partial charge is 0.345 e. The highest BCUT2D eigenvalue weighted by molar-refractivity contribution is 5.77. The normalized spacial score (nSPS) is 11.8. The van der Waals surface area contributed by atoms with Crippen LogP contribution in [0.25, 0.3) is 0 Å². The minimum Gasteiger partial charge on any atom is -0.370 e. The topological polar surface area (TPSA) is 59.6 Å². The third-order valence-electron chi connectivity index (χ3n) is 1.93. The monoisotopic (exact) mass is 243 g/mol. The zero-order valence-corrected chi connectivity index (χ0v) is 9.27. The van der Waals surface area contributed by atoms with E-state index in [1.54, 1.807) is 0 Å². The Balaban J connectivity index is 2.21. The average molecular weight is 243 g/mol. The summed E-state index contributed by atoms with van der Waals surface area (Å²) in [5.74, 6) is 0.215. The number of ether oxygens (including phenoxy) is 1. The van der Waals surface area contributed by atoms with Gasteiger partial charge in [0.2, 0.25) is 0 Å². The van der Waals surface area contributed by atoms with Gasteiger partial charge in [-0.05, 0) is 5.56 Å². The first-order valence-electron chi connectivity index (χ1n) is 5.16. The molecule has 0 amide bonds. The molecule has 0 saturated heterocycles. The van der Waals surface area contributed by atoms with Gasteiger partial charge in [-0.25, -0.2) is 4.99 Å². The number of rotatable bonds is 6. The van der Waals surface area contributed by atoms with Crippen LogP contribution in [-0.4, -0.2) is 25.7 Å². The van der Waals surface area contributed by atoms with Crippen LogP contribution < -0.4 is 11.1 Å². The van der Waals surface area contributed by atoms with Crippen molar-refractivity contribution in [3.05, 3.63) is 35.9 Å². The van der Waals surface area contributed by atoms with E-state index >= 15 is 0 Å². The molecule has 0 aliphatic carbocycles. The number of alkyl halides is 2. The fraction of sp³-hybridized carbons (Fsp3) is 0.364. The van der Waals surface area contributed by atoms with Crippen LogP contribution in [0.4, 0.5) is 8.78 Å². The molecule has 0 unspecified atom stereocenters. The van der Waals surface area contributed by atoms with Crippen molar-refractivity contribution in [1.82, 2.24) is 5.32 Å². The first-order valence-corrected chi connectivity index (χ1v) is 5.16. The van der Waals surface area contributed by atoms with Gasteiger partial charge in [-0.3, -0.25) is 0 Å². The SMILES string of the molecule is NC(=NCc1ccccc1)NCCOC(F)F.